The number of aromatic nitrogens is 4. The molecular weight excluding hydrogens is 290 g/mol. The van der Waals surface area contributed by atoms with Gasteiger partial charge in [-0.15, -0.1) is 0 Å². The summed E-state index contributed by atoms with van der Waals surface area (Å²) >= 11 is 0. The number of nitrogens with zero attached hydrogens (tertiary/aromatic N) is 6. The zero-order valence-electron chi connectivity index (χ0n) is 13.9. The van der Waals surface area contributed by atoms with Crippen molar-refractivity contribution in [3.05, 3.63) is 30.5 Å². The smallest absolute Gasteiger partial charge is 0.134 e. The highest BCUT2D eigenvalue weighted by Crippen LogP contribution is 2.22. The summed E-state index contributed by atoms with van der Waals surface area (Å²) in [7, 11) is 3.98. The molecule has 3 rings (SSSR count). The Labute approximate surface area is 136 Å². The van der Waals surface area contributed by atoms with Crippen molar-refractivity contribution in [2.75, 3.05) is 42.3 Å². The zero-order valence-corrected chi connectivity index (χ0v) is 13.9. The molecule has 1 N–H and O–H groups in total. The van der Waals surface area contributed by atoms with E-state index in [9.17, 15) is 0 Å². The maximum Gasteiger partial charge on any atom is 0.134 e. The van der Waals surface area contributed by atoms with Gasteiger partial charge in [0.05, 0.1) is 0 Å². The lowest BCUT2D eigenvalue weighted by molar-refractivity contribution is 0.522. The monoisotopic (exact) mass is 313 g/mol. The van der Waals surface area contributed by atoms with Crippen molar-refractivity contribution in [2.45, 2.75) is 25.8 Å². The van der Waals surface area contributed by atoms with Crippen LogP contribution in [0.3, 0.4) is 0 Å². The lowest BCUT2D eigenvalue weighted by Gasteiger charge is -2.33. The molecule has 0 unspecified atom stereocenters. The van der Waals surface area contributed by atoms with Crippen molar-refractivity contribution in [3.8, 4) is 0 Å². The third kappa shape index (κ3) is 3.85. The number of piperidine rings is 1. The highest BCUT2D eigenvalue weighted by Gasteiger charge is 2.20. The van der Waals surface area contributed by atoms with E-state index in [1.165, 1.54) is 0 Å². The van der Waals surface area contributed by atoms with Crippen molar-refractivity contribution in [1.29, 1.82) is 0 Å². The molecule has 0 spiro atoms. The first-order chi connectivity index (χ1) is 11.1. The van der Waals surface area contributed by atoms with E-state index in [1.807, 2.05) is 38.1 Å². The minimum absolute atomic E-state index is 0.440. The van der Waals surface area contributed by atoms with E-state index < -0.39 is 0 Å². The average molecular weight is 313 g/mol. The van der Waals surface area contributed by atoms with E-state index in [4.69, 9.17) is 0 Å². The van der Waals surface area contributed by atoms with Gasteiger partial charge in [0.2, 0.25) is 0 Å². The molecular formula is C16H23N7. The zero-order chi connectivity index (χ0) is 16.2. The topological polar surface area (TPSA) is 70.1 Å². The number of aryl methyl sites for hydroxylation is 1. The molecule has 3 heterocycles. The van der Waals surface area contributed by atoms with Crippen LogP contribution < -0.4 is 15.1 Å². The lowest BCUT2D eigenvalue weighted by atomic mass is 10.1. The minimum atomic E-state index is 0.440. The Hall–Kier alpha value is -2.44. The second-order valence-corrected chi connectivity index (χ2v) is 6.08. The van der Waals surface area contributed by atoms with Gasteiger partial charge in [0, 0.05) is 51.1 Å². The van der Waals surface area contributed by atoms with Crippen LogP contribution in [0, 0.1) is 6.92 Å². The van der Waals surface area contributed by atoms with Crippen LogP contribution in [0.1, 0.15) is 18.5 Å². The molecule has 1 aliphatic rings. The Morgan fingerprint density at radius 2 is 1.78 bits per heavy atom. The SMILES string of the molecule is Cc1cc(NC2CCN(c3cc(N(C)C)ncn3)CC2)ncn1. The van der Waals surface area contributed by atoms with E-state index in [0.29, 0.717) is 6.04 Å². The van der Waals surface area contributed by atoms with Gasteiger partial charge in [0.25, 0.3) is 0 Å². The number of anilines is 3. The van der Waals surface area contributed by atoms with Crippen LogP contribution in [0.15, 0.2) is 24.8 Å². The molecule has 0 radical (unpaired) electrons. The number of nitrogens with one attached hydrogen (secondary N) is 1. The van der Waals surface area contributed by atoms with E-state index >= 15 is 0 Å². The van der Waals surface area contributed by atoms with Gasteiger partial charge in [-0.3, -0.25) is 0 Å². The van der Waals surface area contributed by atoms with E-state index in [1.54, 1.807) is 12.7 Å². The van der Waals surface area contributed by atoms with E-state index in [0.717, 1.165) is 49.1 Å². The molecule has 2 aromatic heterocycles. The first-order valence-corrected chi connectivity index (χ1v) is 7.91. The van der Waals surface area contributed by atoms with E-state index in [-0.39, 0.29) is 0 Å². The Kier molecular flexibility index (Phi) is 4.55. The largest absolute Gasteiger partial charge is 0.367 e. The van der Waals surface area contributed by atoms with Crippen LogP contribution in [0.4, 0.5) is 17.5 Å². The second kappa shape index (κ2) is 6.76. The molecule has 122 valence electrons. The maximum atomic E-state index is 4.41. The quantitative estimate of drug-likeness (QED) is 0.921. The van der Waals surface area contributed by atoms with Crippen LogP contribution in [-0.2, 0) is 0 Å². The molecule has 0 amide bonds. The number of hydrogen-bond donors (Lipinski definition) is 1. The van der Waals surface area contributed by atoms with Gasteiger partial charge < -0.3 is 15.1 Å². The number of hydrogen-bond acceptors (Lipinski definition) is 7. The Bertz CT molecular complexity index is 650. The van der Waals surface area contributed by atoms with Gasteiger partial charge in [0.15, 0.2) is 0 Å². The fraction of sp³-hybridized carbons (Fsp3) is 0.500. The summed E-state index contributed by atoms with van der Waals surface area (Å²) < 4.78 is 0. The fourth-order valence-corrected chi connectivity index (χ4v) is 2.75. The Balaban J connectivity index is 1.59. The molecule has 0 aromatic carbocycles. The molecule has 0 aliphatic carbocycles. The maximum absolute atomic E-state index is 4.41. The summed E-state index contributed by atoms with van der Waals surface area (Å²) in [6.45, 7) is 3.93. The second-order valence-electron chi connectivity index (χ2n) is 6.08. The first-order valence-electron chi connectivity index (χ1n) is 7.91. The molecule has 2 aromatic rings. The highest BCUT2D eigenvalue weighted by molar-refractivity contribution is 5.49. The summed E-state index contributed by atoms with van der Waals surface area (Å²) in [5.41, 5.74) is 0.983. The molecule has 0 atom stereocenters. The summed E-state index contributed by atoms with van der Waals surface area (Å²) in [5.74, 6) is 2.85. The molecule has 7 nitrogen and oxygen atoms in total. The van der Waals surface area contributed by atoms with Gasteiger partial charge >= 0.3 is 0 Å². The van der Waals surface area contributed by atoms with Crippen LogP contribution >= 0.6 is 0 Å². The summed E-state index contributed by atoms with van der Waals surface area (Å²) in [4.78, 5) is 21.4. The standard InChI is InChI=1S/C16H23N7/c1-12-8-14(18-10-17-12)21-13-4-6-23(7-5-13)16-9-15(22(2)3)19-11-20-16/h8-11,13H,4-7H2,1-3H3,(H,17,18,21). The van der Waals surface area contributed by atoms with Crippen molar-refractivity contribution < 1.29 is 0 Å². The van der Waals surface area contributed by atoms with Crippen LogP contribution in [0.5, 0.6) is 0 Å². The molecule has 0 saturated carbocycles. The molecule has 23 heavy (non-hydrogen) atoms. The van der Waals surface area contributed by atoms with Gasteiger partial charge in [-0.05, 0) is 19.8 Å². The molecule has 0 bridgehead atoms. The average Bonchev–Trinajstić information content (AvgIpc) is 2.56. The third-order valence-electron chi connectivity index (χ3n) is 4.07. The Morgan fingerprint density at radius 3 is 2.48 bits per heavy atom. The normalized spacial score (nSPS) is 15.5. The van der Waals surface area contributed by atoms with Crippen molar-refractivity contribution in [2.24, 2.45) is 0 Å². The van der Waals surface area contributed by atoms with Crippen LogP contribution in [0.2, 0.25) is 0 Å². The van der Waals surface area contributed by atoms with E-state index in [2.05, 4.69) is 30.2 Å². The van der Waals surface area contributed by atoms with Crippen LogP contribution in [0.25, 0.3) is 0 Å². The Morgan fingerprint density at radius 1 is 1.04 bits per heavy atom. The predicted molar refractivity (Wildman–Crippen MR) is 92.0 cm³/mol. The molecule has 1 saturated heterocycles. The third-order valence-corrected chi connectivity index (χ3v) is 4.07. The molecule has 1 aliphatic heterocycles. The fourth-order valence-electron chi connectivity index (χ4n) is 2.75. The highest BCUT2D eigenvalue weighted by atomic mass is 15.2. The number of rotatable bonds is 4. The summed E-state index contributed by atoms with van der Waals surface area (Å²) in [5, 5.41) is 3.50. The van der Waals surface area contributed by atoms with Crippen LogP contribution in [-0.4, -0.2) is 53.2 Å². The summed E-state index contributed by atoms with van der Waals surface area (Å²) in [6, 6.07) is 4.47. The van der Waals surface area contributed by atoms with Crippen molar-refractivity contribution in [1.82, 2.24) is 19.9 Å². The van der Waals surface area contributed by atoms with Gasteiger partial charge in [0.1, 0.15) is 30.1 Å². The van der Waals surface area contributed by atoms with Gasteiger partial charge in [-0.25, -0.2) is 19.9 Å². The van der Waals surface area contributed by atoms with Gasteiger partial charge in [-0.2, -0.15) is 0 Å². The molecule has 1 fully saturated rings. The summed E-state index contributed by atoms with van der Waals surface area (Å²) in [6.07, 6.45) is 5.36. The predicted octanol–water partition coefficient (Wildman–Crippen LogP) is 1.72. The molecule has 7 heteroatoms. The van der Waals surface area contributed by atoms with Crippen molar-refractivity contribution >= 4 is 17.5 Å². The van der Waals surface area contributed by atoms with Crippen molar-refractivity contribution in [3.63, 3.8) is 0 Å². The van der Waals surface area contributed by atoms with Gasteiger partial charge in [-0.1, -0.05) is 0 Å². The first kappa shape index (κ1) is 15.5. The minimum Gasteiger partial charge on any atom is -0.367 e. The lowest BCUT2D eigenvalue weighted by Crippen LogP contribution is -2.39.